The second-order valence-electron chi connectivity index (χ2n) is 4.09. The molecule has 0 unspecified atom stereocenters. The van der Waals surface area contributed by atoms with Crippen LogP contribution in [0, 0.1) is 0 Å². The summed E-state index contributed by atoms with van der Waals surface area (Å²) in [7, 11) is 1.77. The molecule has 0 atom stereocenters. The summed E-state index contributed by atoms with van der Waals surface area (Å²) in [4.78, 5) is 15.0. The number of thiocarbonyl (C=S) groups is 1. The zero-order chi connectivity index (χ0) is 13.1. The van der Waals surface area contributed by atoms with Gasteiger partial charge >= 0.3 is 0 Å². The standard InChI is InChI=1S/C13H14N2OS2/c1-15(7-6-12(14)17)13(16)11-8-9-4-2-3-5-10(9)18-11/h2-5,8H,6-7H2,1H3,(H2,14,17). The van der Waals surface area contributed by atoms with Gasteiger partial charge in [-0.05, 0) is 17.5 Å². The first-order valence-electron chi connectivity index (χ1n) is 5.60. The van der Waals surface area contributed by atoms with Crippen molar-refractivity contribution in [1.82, 2.24) is 4.90 Å². The van der Waals surface area contributed by atoms with Crippen molar-refractivity contribution in [3.63, 3.8) is 0 Å². The molecule has 0 aliphatic rings. The third-order valence-electron chi connectivity index (χ3n) is 2.68. The van der Waals surface area contributed by atoms with E-state index in [1.165, 1.54) is 11.3 Å². The molecule has 0 spiro atoms. The first kappa shape index (κ1) is 13.0. The van der Waals surface area contributed by atoms with Gasteiger partial charge in [0, 0.05) is 24.7 Å². The molecule has 1 aromatic carbocycles. The number of nitrogens with zero attached hydrogens (tertiary/aromatic N) is 1. The molecule has 1 heterocycles. The fourth-order valence-electron chi connectivity index (χ4n) is 1.65. The highest BCUT2D eigenvalue weighted by Gasteiger charge is 2.14. The van der Waals surface area contributed by atoms with Gasteiger partial charge in [0.1, 0.15) is 0 Å². The fourth-order valence-corrected chi connectivity index (χ4v) is 2.80. The first-order chi connectivity index (χ1) is 8.58. The number of rotatable bonds is 4. The lowest BCUT2D eigenvalue weighted by molar-refractivity contribution is 0.0804. The van der Waals surface area contributed by atoms with Gasteiger partial charge in [0.2, 0.25) is 0 Å². The van der Waals surface area contributed by atoms with E-state index < -0.39 is 0 Å². The Kier molecular flexibility index (Phi) is 3.93. The molecule has 3 nitrogen and oxygen atoms in total. The number of carbonyl (C=O) groups is 1. The van der Waals surface area contributed by atoms with E-state index in [0.29, 0.717) is 18.0 Å². The molecule has 2 N–H and O–H groups in total. The number of thiophene rings is 1. The van der Waals surface area contributed by atoms with Crippen molar-refractivity contribution in [2.75, 3.05) is 13.6 Å². The molecule has 2 rings (SSSR count). The lowest BCUT2D eigenvalue weighted by Crippen LogP contribution is -2.29. The van der Waals surface area contributed by atoms with Crippen molar-refractivity contribution in [2.45, 2.75) is 6.42 Å². The summed E-state index contributed by atoms with van der Waals surface area (Å²) in [5.41, 5.74) is 5.44. The SMILES string of the molecule is CN(CCC(N)=S)C(=O)c1cc2ccccc2s1. The Balaban J connectivity index is 2.15. The van der Waals surface area contributed by atoms with E-state index in [-0.39, 0.29) is 5.91 Å². The van der Waals surface area contributed by atoms with E-state index >= 15 is 0 Å². The van der Waals surface area contributed by atoms with Crippen molar-refractivity contribution in [3.05, 3.63) is 35.2 Å². The topological polar surface area (TPSA) is 46.3 Å². The molecule has 1 amide bonds. The molecule has 94 valence electrons. The summed E-state index contributed by atoms with van der Waals surface area (Å²) in [5.74, 6) is 0.0208. The van der Waals surface area contributed by atoms with E-state index in [1.54, 1.807) is 11.9 Å². The molecule has 5 heteroatoms. The molecular formula is C13H14N2OS2. The van der Waals surface area contributed by atoms with E-state index in [4.69, 9.17) is 18.0 Å². The van der Waals surface area contributed by atoms with Crippen LogP contribution in [-0.2, 0) is 0 Å². The van der Waals surface area contributed by atoms with Crippen LogP contribution >= 0.6 is 23.6 Å². The zero-order valence-electron chi connectivity index (χ0n) is 10.1. The quantitative estimate of drug-likeness (QED) is 0.875. The summed E-state index contributed by atoms with van der Waals surface area (Å²) in [6.45, 7) is 0.558. The van der Waals surface area contributed by atoms with Gasteiger partial charge in [-0.3, -0.25) is 4.79 Å². The van der Waals surface area contributed by atoms with Crippen LogP contribution in [0.3, 0.4) is 0 Å². The van der Waals surface area contributed by atoms with Crippen LogP contribution in [-0.4, -0.2) is 29.4 Å². The maximum Gasteiger partial charge on any atom is 0.263 e. The highest BCUT2D eigenvalue weighted by atomic mass is 32.1. The lowest BCUT2D eigenvalue weighted by atomic mass is 10.2. The van der Waals surface area contributed by atoms with Crippen LogP contribution in [0.1, 0.15) is 16.1 Å². The van der Waals surface area contributed by atoms with Crippen molar-refractivity contribution in [2.24, 2.45) is 5.73 Å². The first-order valence-corrected chi connectivity index (χ1v) is 6.83. The van der Waals surface area contributed by atoms with Crippen LogP contribution < -0.4 is 5.73 Å². The maximum atomic E-state index is 12.2. The molecule has 0 radical (unpaired) electrons. The molecule has 1 aromatic heterocycles. The van der Waals surface area contributed by atoms with Gasteiger partial charge in [0.05, 0.1) is 9.87 Å². The van der Waals surface area contributed by atoms with Crippen molar-refractivity contribution < 1.29 is 4.79 Å². The van der Waals surface area contributed by atoms with E-state index in [2.05, 4.69) is 0 Å². The van der Waals surface area contributed by atoms with E-state index in [0.717, 1.165) is 15.0 Å². The predicted octanol–water partition coefficient (Wildman–Crippen LogP) is 2.65. The average Bonchev–Trinajstić information content (AvgIpc) is 2.78. The van der Waals surface area contributed by atoms with Gasteiger partial charge in [-0.15, -0.1) is 11.3 Å². The largest absolute Gasteiger partial charge is 0.393 e. The van der Waals surface area contributed by atoms with Gasteiger partial charge in [-0.2, -0.15) is 0 Å². The third kappa shape index (κ3) is 2.86. The Morgan fingerprint density at radius 2 is 2.17 bits per heavy atom. The summed E-state index contributed by atoms with van der Waals surface area (Å²) in [5, 5.41) is 1.11. The molecule has 0 saturated carbocycles. The van der Waals surface area contributed by atoms with Crippen LogP contribution in [0.15, 0.2) is 30.3 Å². The predicted molar refractivity (Wildman–Crippen MR) is 80.2 cm³/mol. The molecule has 0 saturated heterocycles. The highest BCUT2D eigenvalue weighted by Crippen LogP contribution is 2.26. The average molecular weight is 278 g/mol. The van der Waals surface area contributed by atoms with Crippen molar-refractivity contribution in [1.29, 1.82) is 0 Å². The number of hydrogen-bond donors (Lipinski definition) is 1. The summed E-state index contributed by atoms with van der Waals surface area (Å²) >= 11 is 6.32. The fraction of sp³-hybridized carbons (Fsp3) is 0.231. The number of nitrogens with two attached hydrogens (primary N) is 1. The molecule has 2 aromatic rings. The second kappa shape index (κ2) is 5.46. The number of carbonyl (C=O) groups excluding carboxylic acids is 1. The van der Waals surface area contributed by atoms with Crippen LogP contribution in [0.4, 0.5) is 0 Å². The maximum absolute atomic E-state index is 12.2. The smallest absolute Gasteiger partial charge is 0.263 e. The van der Waals surface area contributed by atoms with Crippen LogP contribution in [0.5, 0.6) is 0 Å². The monoisotopic (exact) mass is 278 g/mol. The van der Waals surface area contributed by atoms with Crippen molar-refractivity contribution in [3.8, 4) is 0 Å². The van der Waals surface area contributed by atoms with Gasteiger partial charge in [0.15, 0.2) is 0 Å². The minimum Gasteiger partial charge on any atom is -0.393 e. The van der Waals surface area contributed by atoms with Gasteiger partial charge in [0.25, 0.3) is 5.91 Å². The lowest BCUT2D eigenvalue weighted by Gasteiger charge is -2.15. The van der Waals surface area contributed by atoms with Gasteiger partial charge in [-0.1, -0.05) is 30.4 Å². The molecule has 18 heavy (non-hydrogen) atoms. The summed E-state index contributed by atoms with van der Waals surface area (Å²) < 4.78 is 1.13. The molecule has 0 aliphatic carbocycles. The molecule has 0 aliphatic heterocycles. The summed E-state index contributed by atoms with van der Waals surface area (Å²) in [6.07, 6.45) is 0.558. The number of fused-ring (bicyclic) bond motifs is 1. The Hall–Kier alpha value is -1.46. The molecular weight excluding hydrogens is 264 g/mol. The van der Waals surface area contributed by atoms with E-state index in [9.17, 15) is 4.79 Å². The van der Waals surface area contributed by atoms with Gasteiger partial charge < -0.3 is 10.6 Å². The van der Waals surface area contributed by atoms with Gasteiger partial charge in [-0.25, -0.2) is 0 Å². The molecule has 0 fully saturated rings. The minimum absolute atomic E-state index is 0.0208. The highest BCUT2D eigenvalue weighted by molar-refractivity contribution is 7.80. The van der Waals surface area contributed by atoms with Crippen LogP contribution in [0.2, 0.25) is 0 Å². The number of amides is 1. The Bertz CT molecular complexity index is 558. The second-order valence-corrected chi connectivity index (χ2v) is 5.70. The Labute approximate surface area is 115 Å². The number of hydrogen-bond acceptors (Lipinski definition) is 3. The van der Waals surface area contributed by atoms with Crippen LogP contribution in [0.25, 0.3) is 10.1 Å². The van der Waals surface area contributed by atoms with E-state index in [1.807, 2.05) is 30.3 Å². The molecule has 0 bridgehead atoms. The zero-order valence-corrected chi connectivity index (χ0v) is 11.7. The Morgan fingerprint density at radius 1 is 1.44 bits per heavy atom. The Morgan fingerprint density at radius 3 is 2.83 bits per heavy atom. The normalized spacial score (nSPS) is 10.5. The van der Waals surface area contributed by atoms with Crippen molar-refractivity contribution >= 4 is 44.5 Å². The summed E-state index contributed by atoms with van der Waals surface area (Å²) in [6, 6.07) is 9.91. The minimum atomic E-state index is 0.0208. The third-order valence-corrected chi connectivity index (χ3v) is 3.98. The number of benzene rings is 1.